The van der Waals surface area contributed by atoms with Gasteiger partial charge < -0.3 is 1.43 Å². The van der Waals surface area contributed by atoms with Crippen LogP contribution in [0.4, 0.5) is 5.69 Å². The van der Waals surface area contributed by atoms with Crippen LogP contribution in [0, 0.1) is 17.0 Å². The molecule has 0 bridgehead atoms. The van der Waals surface area contributed by atoms with Crippen LogP contribution in [0.1, 0.15) is 6.99 Å². The molecule has 0 atom stereocenters. The summed E-state index contributed by atoms with van der Waals surface area (Å²) in [6.45, 7) is 1.89. The predicted molar refractivity (Wildman–Crippen MR) is 38.9 cm³/mol. The van der Waals surface area contributed by atoms with Crippen LogP contribution in [0.25, 0.3) is 0 Å². The summed E-state index contributed by atoms with van der Waals surface area (Å²) in [5.74, 6) is 0. The van der Waals surface area contributed by atoms with Crippen molar-refractivity contribution in [1.82, 2.24) is 0 Å². The molecule has 54 valence electrons. The number of aryl methyl sites for hydroxylation is 1. The van der Waals surface area contributed by atoms with Crippen LogP contribution in [0.5, 0.6) is 0 Å². The van der Waals surface area contributed by atoms with Gasteiger partial charge in [0.15, 0.2) is 0 Å². The van der Waals surface area contributed by atoms with Crippen molar-refractivity contribution >= 4 is 5.69 Å². The Morgan fingerprint density at radius 3 is 2.18 bits per heavy atom. The Morgan fingerprint density at radius 1 is 1.36 bits per heavy atom. The largest absolute Gasteiger partial charge is 1.00 e. The average molecular weight is 177 g/mol. The Labute approximate surface area is 109 Å². The van der Waals surface area contributed by atoms with Crippen LogP contribution >= 0.6 is 0 Å². The molecule has 1 aromatic carbocycles. The number of nitrogens with zero attached hydrogens (tertiary/aromatic N) is 1. The molecule has 0 radical (unpaired) electrons. The third kappa shape index (κ3) is 3.44. The molecule has 0 spiro atoms. The Hall–Kier alpha value is 0.256. The van der Waals surface area contributed by atoms with Crippen molar-refractivity contribution in [2.75, 3.05) is 0 Å². The molecular formula is C7H8KNO2. The van der Waals surface area contributed by atoms with Crippen LogP contribution < -0.4 is 51.4 Å². The molecule has 0 fully saturated rings. The van der Waals surface area contributed by atoms with Gasteiger partial charge >= 0.3 is 51.4 Å². The van der Waals surface area contributed by atoms with Crippen molar-refractivity contribution in [3.05, 3.63) is 39.9 Å². The Morgan fingerprint density at radius 2 is 1.82 bits per heavy atom. The van der Waals surface area contributed by atoms with Crippen molar-refractivity contribution < 1.29 is 57.7 Å². The van der Waals surface area contributed by atoms with Gasteiger partial charge in [-0.1, -0.05) is 17.7 Å². The Bertz CT molecular complexity index is 250. The number of rotatable bonds is 1. The van der Waals surface area contributed by atoms with Crippen molar-refractivity contribution in [3.63, 3.8) is 0 Å². The first-order valence-electron chi connectivity index (χ1n) is 2.91. The third-order valence-corrected chi connectivity index (χ3v) is 1.24. The van der Waals surface area contributed by atoms with Gasteiger partial charge in [0.1, 0.15) is 0 Å². The van der Waals surface area contributed by atoms with E-state index in [4.69, 9.17) is 0 Å². The molecule has 1 rings (SSSR count). The van der Waals surface area contributed by atoms with E-state index in [1.165, 1.54) is 12.1 Å². The van der Waals surface area contributed by atoms with Crippen molar-refractivity contribution in [1.29, 1.82) is 0 Å². The molecule has 0 saturated heterocycles. The first-order chi connectivity index (χ1) is 4.70. The standard InChI is InChI=1S/C7H7NO2.K.H/c1-6-2-4-7(5-3-6)8(9)10;;/h2-5H,1H3;;/q;+1;-1. The fraction of sp³-hybridized carbons (Fsp3) is 0.143. The molecule has 0 heterocycles. The number of benzene rings is 1. The molecule has 0 saturated carbocycles. The molecular weight excluding hydrogens is 169 g/mol. The van der Waals surface area contributed by atoms with E-state index >= 15 is 0 Å². The van der Waals surface area contributed by atoms with Gasteiger partial charge in [-0.05, 0) is 6.92 Å². The summed E-state index contributed by atoms with van der Waals surface area (Å²) in [6.07, 6.45) is 0. The second-order valence-corrected chi connectivity index (χ2v) is 2.09. The summed E-state index contributed by atoms with van der Waals surface area (Å²) >= 11 is 0. The zero-order chi connectivity index (χ0) is 7.56. The zero-order valence-corrected chi connectivity index (χ0v) is 9.70. The third-order valence-electron chi connectivity index (χ3n) is 1.24. The summed E-state index contributed by atoms with van der Waals surface area (Å²) in [7, 11) is 0. The van der Waals surface area contributed by atoms with Crippen LogP contribution in [0.2, 0.25) is 0 Å². The van der Waals surface area contributed by atoms with E-state index in [9.17, 15) is 10.1 Å². The average Bonchev–Trinajstić information content (AvgIpc) is 1.88. The van der Waals surface area contributed by atoms with Gasteiger partial charge in [-0.2, -0.15) is 0 Å². The zero-order valence-electron chi connectivity index (χ0n) is 7.57. The van der Waals surface area contributed by atoms with Crippen molar-refractivity contribution in [2.45, 2.75) is 6.92 Å². The monoisotopic (exact) mass is 177 g/mol. The second-order valence-electron chi connectivity index (χ2n) is 2.09. The summed E-state index contributed by atoms with van der Waals surface area (Å²) in [6, 6.07) is 6.43. The molecule has 0 aliphatic carbocycles. The molecule has 3 nitrogen and oxygen atoms in total. The van der Waals surface area contributed by atoms with E-state index in [0.717, 1.165) is 5.56 Å². The normalized spacial score (nSPS) is 8.45. The van der Waals surface area contributed by atoms with Gasteiger partial charge in [-0.15, -0.1) is 0 Å². The van der Waals surface area contributed by atoms with Crippen LogP contribution in [0.3, 0.4) is 0 Å². The number of nitro benzene ring substituents is 1. The topological polar surface area (TPSA) is 43.1 Å². The van der Waals surface area contributed by atoms with Gasteiger partial charge in [0, 0.05) is 12.1 Å². The maximum atomic E-state index is 10.1. The number of nitro groups is 1. The fourth-order valence-electron chi connectivity index (χ4n) is 0.666. The molecule has 0 aromatic heterocycles. The van der Waals surface area contributed by atoms with Gasteiger partial charge in [0.05, 0.1) is 4.92 Å². The first-order valence-corrected chi connectivity index (χ1v) is 2.91. The SMILES string of the molecule is Cc1ccc([N+](=O)[O-])cc1.[H-].[K+]. The van der Waals surface area contributed by atoms with E-state index in [1.54, 1.807) is 12.1 Å². The fourth-order valence-corrected chi connectivity index (χ4v) is 0.666. The van der Waals surface area contributed by atoms with E-state index in [-0.39, 0.29) is 58.5 Å². The Balaban J connectivity index is 0. The summed E-state index contributed by atoms with van der Waals surface area (Å²) < 4.78 is 0. The summed E-state index contributed by atoms with van der Waals surface area (Å²) in [5, 5.41) is 10.1. The maximum Gasteiger partial charge on any atom is 1.00 e. The number of hydrogen-bond acceptors (Lipinski definition) is 2. The van der Waals surface area contributed by atoms with E-state index in [2.05, 4.69) is 0 Å². The molecule has 0 unspecified atom stereocenters. The minimum atomic E-state index is -0.403. The van der Waals surface area contributed by atoms with E-state index in [0.29, 0.717) is 0 Å². The van der Waals surface area contributed by atoms with Crippen LogP contribution in [0.15, 0.2) is 24.3 Å². The molecule has 0 N–H and O–H groups in total. The van der Waals surface area contributed by atoms with Crippen molar-refractivity contribution in [2.24, 2.45) is 0 Å². The maximum absolute atomic E-state index is 10.1. The molecule has 0 amide bonds. The number of non-ortho nitro benzene ring substituents is 1. The minimum absolute atomic E-state index is 0. The van der Waals surface area contributed by atoms with Gasteiger partial charge in [0.2, 0.25) is 0 Å². The quantitative estimate of drug-likeness (QED) is 0.314. The van der Waals surface area contributed by atoms with Crippen LogP contribution in [-0.4, -0.2) is 4.92 Å². The van der Waals surface area contributed by atoms with Gasteiger partial charge in [0.25, 0.3) is 5.69 Å². The second kappa shape index (κ2) is 5.00. The molecule has 0 aliphatic heterocycles. The van der Waals surface area contributed by atoms with E-state index in [1.807, 2.05) is 6.92 Å². The van der Waals surface area contributed by atoms with E-state index < -0.39 is 4.92 Å². The molecule has 0 aliphatic rings. The van der Waals surface area contributed by atoms with Crippen molar-refractivity contribution in [3.8, 4) is 0 Å². The molecule has 1 aromatic rings. The summed E-state index contributed by atoms with van der Waals surface area (Å²) in [5.41, 5.74) is 1.18. The molecule has 4 heteroatoms. The van der Waals surface area contributed by atoms with Gasteiger partial charge in [-0.3, -0.25) is 10.1 Å². The smallest absolute Gasteiger partial charge is 1.00 e. The predicted octanol–water partition coefficient (Wildman–Crippen LogP) is -0.980. The molecule has 11 heavy (non-hydrogen) atoms. The number of hydrogen-bond donors (Lipinski definition) is 0. The first kappa shape index (κ1) is 11.3. The van der Waals surface area contributed by atoms with Gasteiger partial charge in [-0.25, -0.2) is 0 Å². The Kier molecular flexibility index (Phi) is 5.12. The summed E-state index contributed by atoms with van der Waals surface area (Å²) in [4.78, 5) is 9.71. The minimum Gasteiger partial charge on any atom is -1.00 e. The van der Waals surface area contributed by atoms with Crippen LogP contribution in [-0.2, 0) is 0 Å².